The summed E-state index contributed by atoms with van der Waals surface area (Å²) in [5.41, 5.74) is 3.44. The van der Waals surface area contributed by atoms with Gasteiger partial charge in [0.25, 0.3) is 0 Å². The summed E-state index contributed by atoms with van der Waals surface area (Å²) in [5.74, 6) is 0.952. The molecule has 0 saturated carbocycles. The SMILES string of the molecule is Cc1ccc(C)c(OCc2nc(C)cs2)c1. The second kappa shape index (κ2) is 4.66. The molecule has 84 valence electrons. The summed E-state index contributed by atoms with van der Waals surface area (Å²) in [6, 6.07) is 6.24. The third-order valence-corrected chi connectivity index (χ3v) is 3.30. The third kappa shape index (κ3) is 2.61. The van der Waals surface area contributed by atoms with Crippen molar-refractivity contribution in [3.8, 4) is 5.75 Å². The lowest BCUT2D eigenvalue weighted by Gasteiger charge is -2.08. The second-order valence-electron chi connectivity index (χ2n) is 3.94. The standard InChI is InChI=1S/C13H15NOS/c1-9-4-5-10(2)12(6-9)15-7-13-14-11(3)8-16-13/h4-6,8H,7H2,1-3H3. The lowest BCUT2D eigenvalue weighted by molar-refractivity contribution is 0.303. The molecule has 0 fully saturated rings. The summed E-state index contributed by atoms with van der Waals surface area (Å²) >= 11 is 1.64. The van der Waals surface area contributed by atoms with Gasteiger partial charge in [0.1, 0.15) is 17.4 Å². The molecule has 16 heavy (non-hydrogen) atoms. The van der Waals surface area contributed by atoms with E-state index in [9.17, 15) is 0 Å². The average Bonchev–Trinajstić information content (AvgIpc) is 2.66. The minimum Gasteiger partial charge on any atom is -0.486 e. The molecule has 0 bridgehead atoms. The maximum absolute atomic E-state index is 5.76. The fourth-order valence-corrected chi connectivity index (χ4v) is 2.15. The van der Waals surface area contributed by atoms with Gasteiger partial charge in [0.2, 0.25) is 0 Å². The normalized spacial score (nSPS) is 10.4. The molecule has 0 spiro atoms. The van der Waals surface area contributed by atoms with E-state index in [4.69, 9.17) is 4.74 Å². The number of rotatable bonds is 3. The first-order valence-corrected chi connectivity index (χ1v) is 6.14. The van der Waals surface area contributed by atoms with Gasteiger partial charge in [-0.25, -0.2) is 4.98 Å². The van der Waals surface area contributed by atoms with Crippen LogP contribution in [0.3, 0.4) is 0 Å². The van der Waals surface area contributed by atoms with Gasteiger partial charge in [-0.1, -0.05) is 12.1 Å². The van der Waals surface area contributed by atoms with Crippen LogP contribution in [0.15, 0.2) is 23.6 Å². The molecule has 2 aromatic rings. The first-order valence-electron chi connectivity index (χ1n) is 5.26. The van der Waals surface area contributed by atoms with Gasteiger partial charge < -0.3 is 4.74 Å². The van der Waals surface area contributed by atoms with Gasteiger partial charge in [-0.2, -0.15) is 0 Å². The summed E-state index contributed by atoms with van der Waals surface area (Å²) in [7, 11) is 0. The average molecular weight is 233 g/mol. The Morgan fingerprint density at radius 1 is 1.25 bits per heavy atom. The Kier molecular flexibility index (Phi) is 3.25. The molecular formula is C13H15NOS. The largest absolute Gasteiger partial charge is 0.486 e. The lowest BCUT2D eigenvalue weighted by atomic mass is 10.1. The van der Waals surface area contributed by atoms with E-state index < -0.39 is 0 Å². The van der Waals surface area contributed by atoms with Crippen molar-refractivity contribution in [2.24, 2.45) is 0 Å². The summed E-state index contributed by atoms with van der Waals surface area (Å²) in [6.07, 6.45) is 0. The lowest BCUT2D eigenvalue weighted by Crippen LogP contribution is -1.97. The quantitative estimate of drug-likeness (QED) is 0.807. The van der Waals surface area contributed by atoms with E-state index in [-0.39, 0.29) is 0 Å². The Balaban J connectivity index is 2.07. The van der Waals surface area contributed by atoms with Crippen LogP contribution in [0.4, 0.5) is 0 Å². The molecule has 2 nitrogen and oxygen atoms in total. The Morgan fingerprint density at radius 3 is 2.75 bits per heavy atom. The van der Waals surface area contributed by atoms with Crippen LogP contribution in [-0.4, -0.2) is 4.98 Å². The predicted molar refractivity (Wildman–Crippen MR) is 67.1 cm³/mol. The van der Waals surface area contributed by atoms with E-state index in [2.05, 4.69) is 37.0 Å². The fourth-order valence-electron chi connectivity index (χ4n) is 1.47. The van der Waals surface area contributed by atoms with E-state index in [1.54, 1.807) is 11.3 Å². The molecule has 0 atom stereocenters. The Hall–Kier alpha value is -1.35. The first kappa shape index (κ1) is 11.1. The van der Waals surface area contributed by atoms with Gasteiger partial charge in [-0.05, 0) is 38.0 Å². The van der Waals surface area contributed by atoms with Gasteiger partial charge in [0.05, 0.1) is 0 Å². The molecule has 3 heteroatoms. The van der Waals surface area contributed by atoms with Crippen LogP contribution in [-0.2, 0) is 6.61 Å². The zero-order valence-corrected chi connectivity index (χ0v) is 10.6. The molecule has 0 N–H and O–H groups in total. The first-order chi connectivity index (χ1) is 7.65. The van der Waals surface area contributed by atoms with E-state index in [0.717, 1.165) is 16.5 Å². The smallest absolute Gasteiger partial charge is 0.140 e. The maximum atomic E-state index is 5.76. The Labute approximate surface area is 99.9 Å². The predicted octanol–water partition coefficient (Wildman–Crippen LogP) is 3.65. The molecule has 0 amide bonds. The molecule has 0 aliphatic carbocycles. The van der Waals surface area contributed by atoms with Crippen molar-refractivity contribution in [3.63, 3.8) is 0 Å². The number of benzene rings is 1. The molecule has 2 rings (SSSR count). The van der Waals surface area contributed by atoms with E-state index in [0.29, 0.717) is 6.61 Å². The number of nitrogens with zero attached hydrogens (tertiary/aromatic N) is 1. The molecule has 0 aliphatic heterocycles. The van der Waals surface area contributed by atoms with Crippen molar-refractivity contribution in [1.29, 1.82) is 0 Å². The van der Waals surface area contributed by atoms with Gasteiger partial charge in [-0.15, -0.1) is 11.3 Å². The summed E-state index contributed by atoms with van der Waals surface area (Å²) in [4.78, 5) is 4.37. The van der Waals surface area contributed by atoms with Gasteiger partial charge >= 0.3 is 0 Å². The number of thiazole rings is 1. The summed E-state index contributed by atoms with van der Waals surface area (Å²) < 4.78 is 5.76. The summed E-state index contributed by atoms with van der Waals surface area (Å²) in [6.45, 7) is 6.68. The highest BCUT2D eigenvalue weighted by atomic mass is 32.1. The van der Waals surface area contributed by atoms with Gasteiger partial charge in [-0.3, -0.25) is 0 Å². The highest BCUT2D eigenvalue weighted by molar-refractivity contribution is 7.09. The van der Waals surface area contributed by atoms with Crippen molar-refractivity contribution in [2.75, 3.05) is 0 Å². The number of ether oxygens (including phenoxy) is 1. The van der Waals surface area contributed by atoms with Crippen LogP contribution >= 0.6 is 11.3 Å². The zero-order valence-electron chi connectivity index (χ0n) is 9.78. The van der Waals surface area contributed by atoms with Crippen LogP contribution in [0.25, 0.3) is 0 Å². The Morgan fingerprint density at radius 2 is 2.06 bits per heavy atom. The monoisotopic (exact) mass is 233 g/mol. The Bertz CT molecular complexity index is 490. The van der Waals surface area contributed by atoms with Crippen LogP contribution in [0, 0.1) is 20.8 Å². The molecule has 0 radical (unpaired) electrons. The molecule has 1 aromatic carbocycles. The van der Waals surface area contributed by atoms with Crippen molar-refractivity contribution in [3.05, 3.63) is 45.4 Å². The van der Waals surface area contributed by atoms with E-state index in [1.807, 2.05) is 12.3 Å². The van der Waals surface area contributed by atoms with Crippen LogP contribution in [0.2, 0.25) is 0 Å². The minimum absolute atomic E-state index is 0.558. The van der Waals surface area contributed by atoms with Gasteiger partial charge in [0.15, 0.2) is 0 Å². The maximum Gasteiger partial charge on any atom is 0.140 e. The number of aromatic nitrogens is 1. The number of hydrogen-bond acceptors (Lipinski definition) is 3. The van der Waals surface area contributed by atoms with E-state index >= 15 is 0 Å². The molecule has 1 aromatic heterocycles. The van der Waals surface area contributed by atoms with E-state index in [1.165, 1.54) is 11.1 Å². The number of hydrogen-bond donors (Lipinski definition) is 0. The van der Waals surface area contributed by atoms with Crippen LogP contribution in [0.5, 0.6) is 5.75 Å². The van der Waals surface area contributed by atoms with Crippen molar-refractivity contribution in [2.45, 2.75) is 27.4 Å². The zero-order chi connectivity index (χ0) is 11.5. The molecular weight excluding hydrogens is 218 g/mol. The van der Waals surface area contributed by atoms with Crippen LogP contribution < -0.4 is 4.74 Å². The van der Waals surface area contributed by atoms with Gasteiger partial charge in [0, 0.05) is 11.1 Å². The summed E-state index contributed by atoms with van der Waals surface area (Å²) in [5, 5.41) is 3.07. The van der Waals surface area contributed by atoms with Crippen LogP contribution in [0.1, 0.15) is 21.8 Å². The highest BCUT2D eigenvalue weighted by Crippen LogP contribution is 2.21. The number of aryl methyl sites for hydroxylation is 3. The fraction of sp³-hybridized carbons (Fsp3) is 0.308. The highest BCUT2D eigenvalue weighted by Gasteiger charge is 2.03. The minimum atomic E-state index is 0.558. The van der Waals surface area contributed by atoms with Crippen molar-refractivity contribution < 1.29 is 4.74 Å². The van der Waals surface area contributed by atoms with Crippen molar-refractivity contribution in [1.82, 2.24) is 4.98 Å². The molecule has 0 unspecified atom stereocenters. The second-order valence-corrected chi connectivity index (χ2v) is 4.88. The van der Waals surface area contributed by atoms with Crippen molar-refractivity contribution >= 4 is 11.3 Å². The topological polar surface area (TPSA) is 22.1 Å². The molecule has 0 aliphatic rings. The molecule has 0 saturated heterocycles. The molecule has 1 heterocycles. The third-order valence-electron chi connectivity index (χ3n) is 2.36.